The van der Waals surface area contributed by atoms with E-state index >= 15 is 0 Å². The molecule has 0 unspecified atom stereocenters. The quantitative estimate of drug-likeness (QED) is 0.918. The highest BCUT2D eigenvalue weighted by molar-refractivity contribution is 7.89. The highest BCUT2D eigenvalue weighted by Crippen LogP contribution is 2.20. The molecule has 0 spiro atoms. The lowest BCUT2D eigenvalue weighted by Gasteiger charge is -2.26. The van der Waals surface area contributed by atoms with Gasteiger partial charge in [0.2, 0.25) is 15.9 Å². The van der Waals surface area contributed by atoms with Crippen LogP contribution >= 0.6 is 0 Å². The van der Waals surface area contributed by atoms with Gasteiger partial charge in [0.15, 0.2) is 0 Å². The molecule has 0 atom stereocenters. The maximum absolute atomic E-state index is 12.4. The van der Waals surface area contributed by atoms with Crippen molar-refractivity contribution in [3.8, 4) is 0 Å². The summed E-state index contributed by atoms with van der Waals surface area (Å²) in [5.74, 6) is 0.936. The minimum Gasteiger partial charge on any atom is -0.354 e. The summed E-state index contributed by atoms with van der Waals surface area (Å²) in [6, 6.07) is 6.86. The van der Waals surface area contributed by atoms with Crippen molar-refractivity contribution in [1.82, 2.24) is 9.62 Å². The topological polar surface area (TPSA) is 66.5 Å². The molecule has 1 aliphatic heterocycles. The summed E-state index contributed by atoms with van der Waals surface area (Å²) in [4.78, 5) is 11.5. The zero-order chi connectivity index (χ0) is 17.6. The molecule has 1 heterocycles. The Labute approximate surface area is 141 Å². The third-order valence-electron chi connectivity index (χ3n) is 3.19. The number of benzene rings is 1. The van der Waals surface area contributed by atoms with E-state index in [1.165, 1.54) is 4.31 Å². The van der Waals surface area contributed by atoms with Gasteiger partial charge in [0.1, 0.15) is 0 Å². The van der Waals surface area contributed by atoms with Crippen LogP contribution in [0.15, 0.2) is 29.2 Å². The summed E-state index contributed by atoms with van der Waals surface area (Å²) in [6.07, 6.45) is 0. The molecule has 1 saturated heterocycles. The second kappa shape index (κ2) is 8.45. The maximum Gasteiger partial charge on any atom is 0.243 e. The van der Waals surface area contributed by atoms with Gasteiger partial charge in [-0.05, 0) is 29.5 Å². The summed E-state index contributed by atoms with van der Waals surface area (Å²) in [6.45, 7) is 11.2. The van der Waals surface area contributed by atoms with E-state index in [1.54, 1.807) is 12.1 Å². The van der Waals surface area contributed by atoms with Crippen molar-refractivity contribution in [2.45, 2.75) is 45.4 Å². The van der Waals surface area contributed by atoms with Crippen molar-refractivity contribution in [2.24, 2.45) is 5.92 Å². The van der Waals surface area contributed by atoms with Gasteiger partial charge in [-0.3, -0.25) is 4.79 Å². The number of rotatable bonds is 3. The number of hydrogen-bond donors (Lipinski definition) is 1. The molecule has 6 heteroatoms. The number of nitrogens with one attached hydrogen (secondary N) is 1. The molecule has 0 aromatic heterocycles. The van der Waals surface area contributed by atoms with Gasteiger partial charge in [0, 0.05) is 14.5 Å². The van der Waals surface area contributed by atoms with E-state index in [1.807, 2.05) is 12.1 Å². The molecule has 0 radical (unpaired) electrons. The van der Waals surface area contributed by atoms with Gasteiger partial charge in [-0.15, -0.1) is 0 Å². The fourth-order valence-electron chi connectivity index (χ4n) is 1.99. The monoisotopic (exact) mass is 342 g/mol. The summed E-state index contributed by atoms with van der Waals surface area (Å²) in [5, 5.41) is 2.61. The van der Waals surface area contributed by atoms with Gasteiger partial charge < -0.3 is 5.32 Å². The zero-order valence-electron chi connectivity index (χ0n) is 14.7. The lowest BCUT2D eigenvalue weighted by atomic mass is 10.0. The molecule has 1 N–H and O–H groups in total. The Kier molecular flexibility index (Phi) is 7.22. The lowest BCUT2D eigenvalue weighted by molar-refractivity contribution is -0.122. The van der Waals surface area contributed by atoms with Gasteiger partial charge >= 0.3 is 0 Å². The van der Waals surface area contributed by atoms with Crippen LogP contribution in [0.2, 0.25) is 0 Å². The van der Waals surface area contributed by atoms with E-state index in [0.717, 1.165) is 11.5 Å². The number of carbonyl (C=O) groups excluding carboxylic acids is 1. The Morgan fingerprint density at radius 2 is 1.61 bits per heavy atom. The summed E-state index contributed by atoms with van der Waals surface area (Å²) in [5.41, 5.74) is 1.09. The van der Waals surface area contributed by atoms with E-state index < -0.39 is 10.0 Å². The maximum atomic E-state index is 12.4. The summed E-state index contributed by atoms with van der Waals surface area (Å²) in [7, 11) is -3.56. The van der Waals surface area contributed by atoms with Gasteiger partial charge in [-0.1, -0.05) is 46.8 Å². The number of amides is 1. The molecule has 5 nitrogen and oxygen atoms in total. The Morgan fingerprint density at radius 1 is 1.09 bits per heavy atom. The molecule has 1 amide bonds. The average Bonchev–Trinajstić information content (AvgIpc) is 2.46. The Hall–Kier alpha value is -1.40. The van der Waals surface area contributed by atoms with Gasteiger partial charge in [0.25, 0.3) is 0 Å². The van der Waals surface area contributed by atoms with E-state index in [-0.39, 0.29) is 18.8 Å². The largest absolute Gasteiger partial charge is 0.354 e. The number of piperazine rings is 1. The summed E-state index contributed by atoms with van der Waals surface area (Å²) >= 11 is 0. The third kappa shape index (κ3) is 5.95. The van der Waals surface area contributed by atoms with Crippen LogP contribution in [0.4, 0.5) is 0 Å². The van der Waals surface area contributed by atoms with Crippen molar-refractivity contribution in [1.29, 1.82) is 0 Å². The SMILES string of the molecule is CC(C)C.CC(C)c1ccc(S(=O)(=O)N2CCNC(=O)C2)cc1.[HH]. The first-order chi connectivity index (χ1) is 10.6. The molecular formula is C17H30N2O3S. The molecule has 0 bridgehead atoms. The first-order valence-corrected chi connectivity index (χ1v) is 9.45. The molecular weight excluding hydrogens is 312 g/mol. The average molecular weight is 343 g/mol. The highest BCUT2D eigenvalue weighted by Gasteiger charge is 2.28. The summed E-state index contributed by atoms with van der Waals surface area (Å²) < 4.78 is 25.9. The number of sulfonamides is 1. The van der Waals surface area contributed by atoms with Gasteiger partial charge in [-0.25, -0.2) is 8.42 Å². The minimum absolute atomic E-state index is 0. The van der Waals surface area contributed by atoms with Crippen molar-refractivity contribution in [3.05, 3.63) is 29.8 Å². The molecule has 1 aromatic carbocycles. The number of hydrogen-bond acceptors (Lipinski definition) is 3. The normalized spacial score (nSPS) is 16.0. The second-order valence-corrected chi connectivity index (χ2v) is 8.58. The number of carbonyl (C=O) groups is 1. The lowest BCUT2D eigenvalue weighted by Crippen LogP contribution is -2.49. The third-order valence-corrected chi connectivity index (χ3v) is 5.05. The molecule has 23 heavy (non-hydrogen) atoms. The van der Waals surface area contributed by atoms with E-state index in [0.29, 0.717) is 19.0 Å². The standard InChI is InChI=1S/C13H18N2O3S.C4H10.H2/c1-10(2)11-3-5-12(6-4-11)19(17,18)15-8-7-14-13(16)9-15;1-4(2)3;/h3-6,10H,7-9H2,1-2H3,(H,14,16);4H,1-3H3;1H. The Balaban J connectivity index is 0.000000954. The highest BCUT2D eigenvalue weighted by atomic mass is 32.2. The Morgan fingerprint density at radius 3 is 2.04 bits per heavy atom. The molecule has 1 aromatic rings. The zero-order valence-corrected chi connectivity index (χ0v) is 15.5. The van der Waals surface area contributed by atoms with Crippen LogP contribution in [-0.4, -0.2) is 38.3 Å². The first kappa shape index (κ1) is 19.6. The van der Waals surface area contributed by atoms with E-state index in [2.05, 4.69) is 39.9 Å². The van der Waals surface area contributed by atoms with Crippen molar-refractivity contribution >= 4 is 15.9 Å². The second-order valence-electron chi connectivity index (χ2n) is 6.64. The van der Waals surface area contributed by atoms with Crippen molar-refractivity contribution < 1.29 is 14.6 Å². The Bertz CT molecular complexity index is 610. The molecule has 1 fully saturated rings. The fourth-order valence-corrected chi connectivity index (χ4v) is 3.39. The first-order valence-electron chi connectivity index (χ1n) is 8.01. The molecule has 2 rings (SSSR count). The minimum atomic E-state index is -3.56. The predicted molar refractivity (Wildman–Crippen MR) is 94.9 cm³/mol. The van der Waals surface area contributed by atoms with Gasteiger partial charge in [0.05, 0.1) is 11.4 Å². The van der Waals surface area contributed by atoms with E-state index in [9.17, 15) is 13.2 Å². The predicted octanol–water partition coefficient (Wildman–Crippen LogP) is 2.84. The number of nitrogens with zero attached hydrogens (tertiary/aromatic N) is 1. The fraction of sp³-hybridized carbons (Fsp3) is 0.588. The molecule has 0 aliphatic carbocycles. The van der Waals surface area contributed by atoms with Crippen LogP contribution in [0.3, 0.4) is 0 Å². The van der Waals surface area contributed by atoms with E-state index in [4.69, 9.17) is 0 Å². The smallest absolute Gasteiger partial charge is 0.243 e. The van der Waals surface area contributed by atoms with Gasteiger partial charge in [-0.2, -0.15) is 4.31 Å². The van der Waals surface area contributed by atoms with Crippen molar-refractivity contribution in [3.63, 3.8) is 0 Å². The molecule has 132 valence electrons. The van der Waals surface area contributed by atoms with Crippen LogP contribution in [0, 0.1) is 5.92 Å². The molecule has 1 aliphatic rings. The van der Waals surface area contributed by atoms with Crippen LogP contribution < -0.4 is 5.32 Å². The molecule has 0 saturated carbocycles. The van der Waals surface area contributed by atoms with Crippen molar-refractivity contribution in [2.75, 3.05) is 19.6 Å². The van der Waals surface area contributed by atoms with Crippen LogP contribution in [0.5, 0.6) is 0 Å². The van der Waals surface area contributed by atoms with Crippen LogP contribution in [0.25, 0.3) is 0 Å². The van der Waals surface area contributed by atoms with Crippen LogP contribution in [-0.2, 0) is 14.8 Å². The van der Waals surface area contributed by atoms with Crippen LogP contribution in [0.1, 0.15) is 47.5 Å².